The van der Waals surface area contributed by atoms with Crippen molar-refractivity contribution in [3.05, 3.63) is 144 Å². The fraction of sp³-hybridized carbons (Fsp3) is 0.220. The lowest BCUT2D eigenvalue weighted by atomic mass is 9.81. The third-order valence-electron chi connectivity index (χ3n) is 8.55. The van der Waals surface area contributed by atoms with Crippen LogP contribution in [0.4, 0.5) is 9.59 Å². The molecule has 0 fully saturated rings. The maximum atomic E-state index is 11.8. The van der Waals surface area contributed by atoms with E-state index in [1.165, 1.54) is 33.4 Å². The minimum atomic E-state index is -0.971. The van der Waals surface area contributed by atoms with E-state index in [-0.39, 0.29) is 5.41 Å². The van der Waals surface area contributed by atoms with Crippen LogP contribution >= 0.6 is 0 Å². The zero-order valence-corrected chi connectivity index (χ0v) is 28.5. The number of aryl methyl sites for hydroxylation is 4. The van der Waals surface area contributed by atoms with E-state index in [9.17, 15) is 19.2 Å². The standard InChI is InChI=1S/C41H38O10/c1-5-37(42)46-25-48-39(44)50-31-17-11-27(12-18-31)7-9-29-15-21-33-34-22-16-30(24-36(34)41(3,4)35(33)23-29)10-8-28-13-19-32(20-14-28)51-40(45)49-26-47-38(43)6-2/h5-6,11-24H,1-2,7-10,25-26H2,3-4H3. The molecule has 0 unspecified atom stereocenters. The van der Waals surface area contributed by atoms with Crippen LogP contribution in [-0.4, -0.2) is 37.8 Å². The van der Waals surface area contributed by atoms with Crippen molar-refractivity contribution in [2.75, 3.05) is 13.6 Å². The molecule has 10 nitrogen and oxygen atoms in total. The quantitative estimate of drug-likeness (QED) is 0.0557. The van der Waals surface area contributed by atoms with Crippen molar-refractivity contribution in [2.45, 2.75) is 44.9 Å². The molecule has 51 heavy (non-hydrogen) atoms. The first-order valence-corrected chi connectivity index (χ1v) is 16.3. The molecule has 0 atom stereocenters. The van der Waals surface area contributed by atoms with E-state index in [1.54, 1.807) is 24.3 Å². The largest absolute Gasteiger partial charge is 0.516 e. The predicted molar refractivity (Wildman–Crippen MR) is 188 cm³/mol. The van der Waals surface area contributed by atoms with Crippen molar-refractivity contribution < 1.29 is 47.6 Å². The molecule has 0 heterocycles. The molecular formula is C41H38O10. The summed E-state index contributed by atoms with van der Waals surface area (Å²) < 4.78 is 28.9. The summed E-state index contributed by atoms with van der Waals surface area (Å²) >= 11 is 0. The van der Waals surface area contributed by atoms with Crippen molar-refractivity contribution in [3.8, 4) is 22.6 Å². The summed E-state index contributed by atoms with van der Waals surface area (Å²) in [6.45, 7) is 9.96. The van der Waals surface area contributed by atoms with Crippen LogP contribution < -0.4 is 9.47 Å². The van der Waals surface area contributed by atoms with Gasteiger partial charge in [0.1, 0.15) is 11.5 Å². The topological polar surface area (TPSA) is 124 Å². The van der Waals surface area contributed by atoms with Crippen LogP contribution in [0.3, 0.4) is 0 Å². The molecule has 0 amide bonds. The molecule has 0 spiro atoms. The molecule has 4 aromatic rings. The highest BCUT2D eigenvalue weighted by molar-refractivity contribution is 5.82. The normalized spacial score (nSPS) is 12.0. The second-order valence-corrected chi connectivity index (χ2v) is 12.2. The average Bonchev–Trinajstić information content (AvgIpc) is 3.35. The highest BCUT2D eigenvalue weighted by atomic mass is 16.8. The lowest BCUT2D eigenvalue weighted by Crippen LogP contribution is -2.15. The monoisotopic (exact) mass is 690 g/mol. The van der Waals surface area contributed by atoms with Gasteiger partial charge in [0, 0.05) is 17.6 Å². The summed E-state index contributed by atoms with van der Waals surface area (Å²) in [5.74, 6) is -0.749. The molecule has 0 aliphatic heterocycles. The number of esters is 2. The lowest BCUT2D eigenvalue weighted by molar-refractivity contribution is -0.147. The third-order valence-corrected chi connectivity index (χ3v) is 8.55. The number of fused-ring (bicyclic) bond motifs is 3. The molecule has 1 aliphatic carbocycles. The Labute approximate surface area is 296 Å². The van der Waals surface area contributed by atoms with E-state index >= 15 is 0 Å². The Kier molecular flexibility index (Phi) is 11.7. The maximum absolute atomic E-state index is 11.8. The molecule has 4 aromatic carbocycles. The SMILES string of the molecule is C=CC(=O)OCOC(=O)Oc1ccc(CCc2ccc3c(c2)C(C)(C)c2cc(CCc4ccc(OC(=O)OCOC(=O)C=C)cc4)ccc2-3)cc1. The number of rotatable bonds is 14. The first-order chi connectivity index (χ1) is 24.5. The number of benzene rings is 4. The van der Waals surface area contributed by atoms with Crippen molar-refractivity contribution in [1.82, 2.24) is 0 Å². The Balaban J connectivity index is 1.13. The van der Waals surface area contributed by atoms with E-state index < -0.39 is 37.8 Å². The van der Waals surface area contributed by atoms with Gasteiger partial charge in [-0.1, -0.05) is 87.7 Å². The Morgan fingerprint density at radius 1 is 0.529 bits per heavy atom. The first-order valence-electron chi connectivity index (χ1n) is 16.3. The molecule has 0 radical (unpaired) electrons. The van der Waals surface area contributed by atoms with Crippen LogP contribution in [0, 0.1) is 0 Å². The summed E-state index contributed by atoms with van der Waals surface area (Å²) in [6.07, 6.45) is 3.31. The second kappa shape index (κ2) is 16.5. The van der Waals surface area contributed by atoms with Gasteiger partial charge in [-0.15, -0.1) is 0 Å². The highest BCUT2D eigenvalue weighted by Crippen LogP contribution is 2.49. The van der Waals surface area contributed by atoms with Crippen molar-refractivity contribution in [3.63, 3.8) is 0 Å². The second-order valence-electron chi connectivity index (χ2n) is 12.2. The van der Waals surface area contributed by atoms with Gasteiger partial charge in [0.15, 0.2) is 0 Å². The summed E-state index contributed by atoms with van der Waals surface area (Å²) in [5.41, 5.74) is 9.63. The molecule has 5 rings (SSSR count). The molecule has 0 saturated carbocycles. The molecular weight excluding hydrogens is 652 g/mol. The van der Waals surface area contributed by atoms with Gasteiger partial charge in [0.2, 0.25) is 13.6 Å². The Bertz CT molecular complexity index is 1780. The molecule has 262 valence electrons. The van der Waals surface area contributed by atoms with Crippen LogP contribution in [0.1, 0.15) is 47.2 Å². The summed E-state index contributed by atoms with van der Waals surface area (Å²) in [5, 5.41) is 0. The van der Waals surface area contributed by atoms with Gasteiger partial charge >= 0.3 is 24.2 Å². The van der Waals surface area contributed by atoms with Crippen LogP contribution in [-0.2, 0) is 59.6 Å². The van der Waals surface area contributed by atoms with Gasteiger partial charge < -0.3 is 28.4 Å². The Hall–Kier alpha value is -6.16. The van der Waals surface area contributed by atoms with Gasteiger partial charge in [-0.3, -0.25) is 0 Å². The summed E-state index contributed by atoms with van der Waals surface area (Å²) in [4.78, 5) is 45.7. The minimum Gasteiger partial charge on any atom is -0.425 e. The summed E-state index contributed by atoms with van der Waals surface area (Å²) in [6, 6.07) is 27.9. The number of hydrogen-bond acceptors (Lipinski definition) is 10. The predicted octanol–water partition coefficient (Wildman–Crippen LogP) is 7.97. The van der Waals surface area contributed by atoms with E-state index in [2.05, 4.69) is 72.9 Å². The number of carbonyl (C=O) groups is 4. The third kappa shape index (κ3) is 9.51. The van der Waals surface area contributed by atoms with Crippen LogP contribution in [0.15, 0.2) is 110 Å². The van der Waals surface area contributed by atoms with E-state index in [0.29, 0.717) is 11.5 Å². The maximum Gasteiger partial charge on any atom is 0.516 e. The zero-order valence-electron chi connectivity index (χ0n) is 28.5. The van der Waals surface area contributed by atoms with Crippen molar-refractivity contribution in [2.24, 2.45) is 0 Å². The fourth-order valence-electron chi connectivity index (χ4n) is 5.81. The van der Waals surface area contributed by atoms with Gasteiger partial charge in [-0.05, 0) is 94.5 Å². The molecule has 1 aliphatic rings. The molecule has 0 N–H and O–H groups in total. The lowest BCUT2D eigenvalue weighted by Gasteiger charge is -2.22. The number of ether oxygens (including phenoxy) is 6. The highest BCUT2D eigenvalue weighted by Gasteiger charge is 2.35. The van der Waals surface area contributed by atoms with Gasteiger partial charge in [-0.2, -0.15) is 0 Å². The smallest absolute Gasteiger partial charge is 0.425 e. The molecule has 0 aromatic heterocycles. The first kappa shape index (κ1) is 36.1. The summed E-state index contributed by atoms with van der Waals surface area (Å²) in [7, 11) is 0. The van der Waals surface area contributed by atoms with Crippen LogP contribution in [0.2, 0.25) is 0 Å². The minimum absolute atomic E-state index is 0.161. The zero-order chi connectivity index (χ0) is 36.4. The van der Waals surface area contributed by atoms with Crippen molar-refractivity contribution >= 4 is 24.2 Å². The molecule has 10 heteroatoms. The molecule has 0 saturated heterocycles. The molecule has 0 bridgehead atoms. The van der Waals surface area contributed by atoms with E-state index in [1.807, 2.05) is 24.3 Å². The van der Waals surface area contributed by atoms with E-state index in [0.717, 1.165) is 49.0 Å². The fourth-order valence-corrected chi connectivity index (χ4v) is 5.81. The number of hydrogen-bond donors (Lipinski definition) is 0. The van der Waals surface area contributed by atoms with Crippen molar-refractivity contribution in [1.29, 1.82) is 0 Å². The Morgan fingerprint density at radius 2 is 0.882 bits per heavy atom. The van der Waals surface area contributed by atoms with Crippen LogP contribution in [0.25, 0.3) is 11.1 Å². The van der Waals surface area contributed by atoms with Crippen LogP contribution in [0.5, 0.6) is 11.5 Å². The Morgan fingerprint density at radius 3 is 1.25 bits per heavy atom. The number of carbonyl (C=O) groups excluding carboxylic acids is 4. The van der Waals surface area contributed by atoms with Gasteiger partial charge in [0.05, 0.1) is 0 Å². The van der Waals surface area contributed by atoms with Gasteiger partial charge in [0.25, 0.3) is 0 Å². The average molecular weight is 691 g/mol. The van der Waals surface area contributed by atoms with E-state index in [4.69, 9.17) is 18.9 Å². The van der Waals surface area contributed by atoms with Gasteiger partial charge in [-0.25, -0.2) is 19.2 Å².